The van der Waals surface area contributed by atoms with Gasteiger partial charge in [-0.1, -0.05) is 23.7 Å². The van der Waals surface area contributed by atoms with E-state index in [1.54, 1.807) is 29.2 Å². The first-order chi connectivity index (χ1) is 11.0. The molecule has 0 aliphatic carbocycles. The van der Waals surface area contributed by atoms with Gasteiger partial charge < -0.3 is 4.90 Å². The minimum absolute atomic E-state index is 0.0175. The molecule has 0 saturated carbocycles. The van der Waals surface area contributed by atoms with Gasteiger partial charge in [0.2, 0.25) is 5.91 Å². The lowest BCUT2D eigenvalue weighted by molar-refractivity contribution is -0.117. The number of hydrogen-bond acceptors (Lipinski definition) is 4. The van der Waals surface area contributed by atoms with Gasteiger partial charge in [0, 0.05) is 19.2 Å². The second kappa shape index (κ2) is 6.17. The maximum atomic E-state index is 12.5. The number of amides is 1. The zero-order valence-electron chi connectivity index (χ0n) is 12.1. The Kier molecular flexibility index (Phi) is 4.23. The predicted octanol–water partition coefficient (Wildman–Crippen LogP) is 2.66. The lowest BCUT2D eigenvalue weighted by atomic mass is 10.2. The van der Waals surface area contributed by atoms with Crippen molar-refractivity contribution in [1.82, 2.24) is 4.98 Å². The monoisotopic (exact) mass is 351 g/mol. The molecule has 1 aliphatic heterocycles. The second-order valence-electron chi connectivity index (χ2n) is 5.06. The maximum Gasteiger partial charge on any atom is 0.265 e. The van der Waals surface area contributed by atoms with E-state index >= 15 is 0 Å². The van der Waals surface area contributed by atoms with E-state index < -0.39 is 10.0 Å². The molecule has 1 aromatic heterocycles. The van der Waals surface area contributed by atoms with E-state index in [0.29, 0.717) is 24.3 Å². The number of aromatic nitrogens is 1. The molecule has 6 nitrogen and oxygen atoms in total. The highest BCUT2D eigenvalue weighted by molar-refractivity contribution is 7.92. The Labute approximate surface area is 139 Å². The molecular weight excluding hydrogens is 338 g/mol. The molecule has 2 aromatic rings. The molecule has 0 atom stereocenters. The van der Waals surface area contributed by atoms with Crippen LogP contribution in [0.25, 0.3) is 0 Å². The zero-order valence-corrected chi connectivity index (χ0v) is 13.6. The van der Waals surface area contributed by atoms with Gasteiger partial charge in [-0.25, -0.2) is 13.4 Å². The first kappa shape index (κ1) is 15.8. The molecule has 1 saturated heterocycles. The van der Waals surface area contributed by atoms with Crippen LogP contribution in [0.5, 0.6) is 0 Å². The Morgan fingerprint density at radius 3 is 2.65 bits per heavy atom. The van der Waals surface area contributed by atoms with Crippen molar-refractivity contribution in [1.29, 1.82) is 0 Å². The molecule has 23 heavy (non-hydrogen) atoms. The number of para-hydroxylation sites is 2. The van der Waals surface area contributed by atoms with Crippen molar-refractivity contribution < 1.29 is 13.2 Å². The minimum atomic E-state index is -3.90. The molecule has 0 radical (unpaired) electrons. The van der Waals surface area contributed by atoms with Crippen molar-refractivity contribution in [2.75, 3.05) is 16.2 Å². The molecule has 0 unspecified atom stereocenters. The second-order valence-corrected chi connectivity index (χ2v) is 7.07. The van der Waals surface area contributed by atoms with Crippen LogP contribution in [-0.2, 0) is 14.8 Å². The first-order valence-electron chi connectivity index (χ1n) is 7.02. The van der Waals surface area contributed by atoms with Gasteiger partial charge in [-0.05, 0) is 30.7 Å². The fourth-order valence-electron chi connectivity index (χ4n) is 2.47. The lowest BCUT2D eigenvalue weighted by Crippen LogP contribution is -2.25. The first-order valence-corrected chi connectivity index (χ1v) is 8.88. The molecule has 8 heteroatoms. The van der Waals surface area contributed by atoms with Crippen LogP contribution in [0.1, 0.15) is 12.8 Å². The van der Waals surface area contributed by atoms with Gasteiger partial charge in [-0.2, -0.15) is 0 Å². The van der Waals surface area contributed by atoms with Gasteiger partial charge in [-0.15, -0.1) is 0 Å². The Morgan fingerprint density at radius 1 is 1.17 bits per heavy atom. The van der Waals surface area contributed by atoms with Crippen LogP contribution in [0.2, 0.25) is 5.15 Å². The van der Waals surface area contributed by atoms with E-state index in [-0.39, 0.29) is 16.0 Å². The minimum Gasteiger partial charge on any atom is -0.310 e. The fourth-order valence-corrected chi connectivity index (χ4v) is 4.00. The Balaban J connectivity index is 1.98. The summed E-state index contributed by atoms with van der Waals surface area (Å²) in [6.45, 7) is 0.575. The summed E-state index contributed by atoms with van der Waals surface area (Å²) >= 11 is 5.87. The zero-order chi connectivity index (χ0) is 16.4. The standard InChI is InChI=1S/C15H14ClN3O3S/c16-15-13(7-3-9-17-15)23(21,22)18-11-5-1-2-6-12(11)19-10-4-8-14(19)20/h1-3,5-7,9,18H,4,8,10H2. The van der Waals surface area contributed by atoms with Gasteiger partial charge >= 0.3 is 0 Å². The van der Waals surface area contributed by atoms with Crippen molar-refractivity contribution in [3.63, 3.8) is 0 Å². The van der Waals surface area contributed by atoms with E-state index in [1.165, 1.54) is 18.3 Å². The molecule has 1 N–H and O–H groups in total. The van der Waals surface area contributed by atoms with Gasteiger partial charge in [0.15, 0.2) is 0 Å². The van der Waals surface area contributed by atoms with Crippen LogP contribution in [0.15, 0.2) is 47.5 Å². The number of benzene rings is 1. The van der Waals surface area contributed by atoms with Gasteiger partial charge in [0.25, 0.3) is 10.0 Å². The summed E-state index contributed by atoms with van der Waals surface area (Å²) in [4.78, 5) is 17.2. The molecule has 1 aromatic carbocycles. The number of pyridine rings is 1. The third-order valence-electron chi connectivity index (χ3n) is 3.53. The molecule has 1 amide bonds. The molecule has 120 valence electrons. The largest absolute Gasteiger partial charge is 0.310 e. The van der Waals surface area contributed by atoms with Crippen molar-refractivity contribution in [2.24, 2.45) is 0 Å². The van der Waals surface area contributed by atoms with Gasteiger partial charge in [-0.3, -0.25) is 9.52 Å². The molecule has 0 bridgehead atoms. The Hall–Kier alpha value is -2.12. The van der Waals surface area contributed by atoms with E-state index in [1.807, 2.05) is 0 Å². The summed E-state index contributed by atoms with van der Waals surface area (Å²) in [5.41, 5.74) is 0.876. The third kappa shape index (κ3) is 3.16. The van der Waals surface area contributed by atoms with Crippen LogP contribution in [0.4, 0.5) is 11.4 Å². The van der Waals surface area contributed by atoms with Crippen LogP contribution in [0, 0.1) is 0 Å². The van der Waals surface area contributed by atoms with E-state index in [4.69, 9.17) is 11.6 Å². The molecule has 2 heterocycles. The average Bonchev–Trinajstić information content (AvgIpc) is 2.94. The summed E-state index contributed by atoms with van der Waals surface area (Å²) in [7, 11) is -3.90. The number of rotatable bonds is 4. The van der Waals surface area contributed by atoms with E-state index in [9.17, 15) is 13.2 Å². The van der Waals surface area contributed by atoms with Crippen molar-refractivity contribution in [3.8, 4) is 0 Å². The van der Waals surface area contributed by atoms with E-state index in [2.05, 4.69) is 9.71 Å². The van der Waals surface area contributed by atoms with Crippen LogP contribution >= 0.6 is 11.6 Å². The summed E-state index contributed by atoms with van der Waals surface area (Å²) in [6, 6.07) is 9.66. The number of anilines is 2. The number of carbonyl (C=O) groups is 1. The maximum absolute atomic E-state index is 12.5. The predicted molar refractivity (Wildman–Crippen MR) is 88.1 cm³/mol. The third-order valence-corrected chi connectivity index (χ3v) is 5.34. The summed E-state index contributed by atoms with van der Waals surface area (Å²) in [6.07, 6.45) is 2.64. The van der Waals surface area contributed by atoms with E-state index in [0.717, 1.165) is 6.42 Å². The smallest absolute Gasteiger partial charge is 0.265 e. The molecule has 1 fully saturated rings. The summed E-state index contributed by atoms with van der Waals surface area (Å²) in [5.74, 6) is -0.0175. The average molecular weight is 352 g/mol. The van der Waals surface area contributed by atoms with Crippen LogP contribution in [-0.4, -0.2) is 25.9 Å². The summed E-state index contributed by atoms with van der Waals surface area (Å²) < 4.78 is 27.6. The number of nitrogens with zero attached hydrogens (tertiary/aromatic N) is 2. The number of hydrogen-bond donors (Lipinski definition) is 1. The molecule has 3 rings (SSSR count). The molecule has 0 spiro atoms. The number of halogens is 1. The highest BCUT2D eigenvalue weighted by atomic mass is 35.5. The quantitative estimate of drug-likeness (QED) is 0.859. The van der Waals surface area contributed by atoms with Gasteiger partial charge in [0.05, 0.1) is 11.4 Å². The van der Waals surface area contributed by atoms with Gasteiger partial charge in [0.1, 0.15) is 10.0 Å². The SMILES string of the molecule is O=C1CCCN1c1ccccc1NS(=O)(=O)c1cccnc1Cl. The molecular formula is C15H14ClN3O3S. The van der Waals surface area contributed by atoms with Crippen LogP contribution < -0.4 is 9.62 Å². The number of nitrogens with one attached hydrogen (secondary N) is 1. The topological polar surface area (TPSA) is 79.4 Å². The Bertz CT molecular complexity index is 855. The van der Waals surface area contributed by atoms with Crippen molar-refractivity contribution >= 4 is 38.9 Å². The number of carbonyl (C=O) groups excluding carboxylic acids is 1. The Morgan fingerprint density at radius 2 is 1.96 bits per heavy atom. The fraction of sp³-hybridized carbons (Fsp3) is 0.200. The molecule has 1 aliphatic rings. The summed E-state index contributed by atoms with van der Waals surface area (Å²) in [5, 5.41) is -0.102. The van der Waals surface area contributed by atoms with Crippen LogP contribution in [0.3, 0.4) is 0 Å². The highest BCUT2D eigenvalue weighted by Gasteiger charge is 2.26. The van der Waals surface area contributed by atoms with Crippen molar-refractivity contribution in [2.45, 2.75) is 17.7 Å². The lowest BCUT2D eigenvalue weighted by Gasteiger charge is -2.20. The number of sulfonamides is 1. The van der Waals surface area contributed by atoms with Crippen molar-refractivity contribution in [3.05, 3.63) is 47.7 Å². The highest BCUT2D eigenvalue weighted by Crippen LogP contribution is 2.31. The normalized spacial score (nSPS) is 15.0.